The average molecular weight is 215 g/mol. The molecule has 1 aromatic heterocycles. The van der Waals surface area contributed by atoms with Crippen LogP contribution in [-0.2, 0) is 10.0 Å². The molecule has 0 saturated heterocycles. The van der Waals surface area contributed by atoms with Crippen molar-refractivity contribution in [2.45, 2.75) is 11.8 Å². The van der Waals surface area contributed by atoms with Crippen molar-refractivity contribution in [1.82, 2.24) is 9.71 Å². The van der Waals surface area contributed by atoms with Gasteiger partial charge in [0.1, 0.15) is 4.90 Å². The summed E-state index contributed by atoms with van der Waals surface area (Å²) in [6.45, 7) is 2.30. The molecule has 3 N–H and O–H groups in total. The summed E-state index contributed by atoms with van der Waals surface area (Å²) in [6.07, 6.45) is 1.33. The second-order valence-corrected chi connectivity index (χ2v) is 4.59. The van der Waals surface area contributed by atoms with Gasteiger partial charge < -0.3 is 5.73 Å². The van der Waals surface area contributed by atoms with Crippen LogP contribution in [0.4, 0.5) is 0 Å². The van der Waals surface area contributed by atoms with Gasteiger partial charge in [-0.1, -0.05) is 0 Å². The van der Waals surface area contributed by atoms with Crippen LogP contribution < -0.4 is 10.5 Å². The Morgan fingerprint density at radius 2 is 2.21 bits per heavy atom. The molecule has 0 bridgehead atoms. The lowest BCUT2D eigenvalue weighted by Crippen LogP contribution is -2.29. The number of sulfonamides is 1. The molecule has 0 amide bonds. The van der Waals surface area contributed by atoms with E-state index in [4.69, 9.17) is 5.73 Å². The third-order valence-corrected chi connectivity index (χ3v) is 3.08. The topological polar surface area (TPSA) is 85.1 Å². The minimum atomic E-state index is -3.43. The third-order valence-electron chi connectivity index (χ3n) is 1.63. The van der Waals surface area contributed by atoms with Crippen LogP contribution in [0.3, 0.4) is 0 Å². The predicted molar refractivity (Wildman–Crippen MR) is 53.2 cm³/mol. The number of hydrogen-bond acceptors (Lipinski definition) is 4. The summed E-state index contributed by atoms with van der Waals surface area (Å²) in [4.78, 5) is 4.07. The van der Waals surface area contributed by atoms with Gasteiger partial charge in [0.25, 0.3) is 0 Å². The number of nitrogens with two attached hydrogens (primary N) is 1. The van der Waals surface area contributed by atoms with Crippen LogP contribution in [0.15, 0.2) is 23.2 Å². The first-order valence-electron chi connectivity index (χ1n) is 4.18. The Bertz CT molecular complexity index is 386. The van der Waals surface area contributed by atoms with E-state index in [-0.39, 0.29) is 18.0 Å². The molecule has 1 rings (SSSR count). The fraction of sp³-hybridized carbons (Fsp3) is 0.375. The Labute approximate surface area is 83.4 Å². The number of aromatic nitrogens is 1. The highest BCUT2D eigenvalue weighted by Crippen LogP contribution is 2.06. The molecule has 0 aliphatic rings. The molecule has 14 heavy (non-hydrogen) atoms. The lowest BCUT2D eigenvalue weighted by molar-refractivity contribution is 0.581. The van der Waals surface area contributed by atoms with E-state index in [1.165, 1.54) is 12.3 Å². The Morgan fingerprint density at radius 1 is 1.50 bits per heavy atom. The Balaban J connectivity index is 2.87. The van der Waals surface area contributed by atoms with E-state index in [1.54, 1.807) is 13.0 Å². The zero-order valence-corrected chi connectivity index (χ0v) is 8.71. The minimum Gasteiger partial charge on any atom is -0.329 e. The summed E-state index contributed by atoms with van der Waals surface area (Å²) in [7, 11) is -3.43. The third kappa shape index (κ3) is 2.76. The number of nitrogens with one attached hydrogen (secondary N) is 1. The average Bonchev–Trinajstić information content (AvgIpc) is 2.16. The lowest BCUT2D eigenvalue weighted by Gasteiger charge is -2.04. The highest BCUT2D eigenvalue weighted by atomic mass is 32.2. The van der Waals surface area contributed by atoms with Crippen molar-refractivity contribution in [3.05, 3.63) is 24.0 Å². The fourth-order valence-corrected chi connectivity index (χ4v) is 1.88. The van der Waals surface area contributed by atoms with Gasteiger partial charge in [-0.3, -0.25) is 4.98 Å². The maximum Gasteiger partial charge on any atom is 0.242 e. The molecular weight excluding hydrogens is 202 g/mol. The Hall–Kier alpha value is -0.980. The summed E-state index contributed by atoms with van der Waals surface area (Å²) in [5, 5.41) is 0. The van der Waals surface area contributed by atoms with Crippen LogP contribution in [0, 0.1) is 6.92 Å². The molecule has 0 unspecified atom stereocenters. The molecule has 0 saturated carbocycles. The van der Waals surface area contributed by atoms with Gasteiger partial charge in [-0.15, -0.1) is 0 Å². The maximum absolute atomic E-state index is 11.5. The molecule has 6 heteroatoms. The minimum absolute atomic E-state index is 0.163. The number of aryl methyl sites for hydroxylation is 1. The van der Waals surface area contributed by atoms with Gasteiger partial charge in [0, 0.05) is 25.0 Å². The zero-order valence-electron chi connectivity index (χ0n) is 7.90. The summed E-state index contributed by atoms with van der Waals surface area (Å²) in [6, 6.07) is 3.16. The fourth-order valence-electron chi connectivity index (χ4n) is 0.890. The van der Waals surface area contributed by atoms with E-state index in [0.29, 0.717) is 0 Å². The summed E-state index contributed by atoms with van der Waals surface area (Å²) in [5.41, 5.74) is 5.98. The second-order valence-electron chi connectivity index (χ2n) is 2.82. The van der Waals surface area contributed by atoms with E-state index in [0.717, 1.165) is 5.69 Å². The van der Waals surface area contributed by atoms with Gasteiger partial charge in [0.05, 0.1) is 0 Å². The van der Waals surface area contributed by atoms with E-state index in [9.17, 15) is 8.42 Å². The van der Waals surface area contributed by atoms with E-state index in [1.807, 2.05) is 0 Å². The molecule has 0 aliphatic heterocycles. The van der Waals surface area contributed by atoms with E-state index >= 15 is 0 Å². The molecule has 78 valence electrons. The standard InChI is InChI=1S/C8H13N3O2S/c1-7-2-3-8(6-10-7)14(12,13)11-5-4-9/h2-3,6,11H,4-5,9H2,1H3. The molecule has 0 aliphatic carbocycles. The highest BCUT2D eigenvalue weighted by molar-refractivity contribution is 7.89. The van der Waals surface area contributed by atoms with Crippen LogP contribution in [0.5, 0.6) is 0 Å². The molecule has 5 nitrogen and oxygen atoms in total. The summed E-state index contributed by atoms with van der Waals surface area (Å²) in [5.74, 6) is 0. The first-order chi connectivity index (χ1) is 6.56. The molecule has 0 spiro atoms. The SMILES string of the molecule is Cc1ccc(S(=O)(=O)NCCN)cn1. The monoisotopic (exact) mass is 215 g/mol. The van der Waals surface area contributed by atoms with Gasteiger partial charge in [-0.25, -0.2) is 13.1 Å². The number of hydrogen-bond donors (Lipinski definition) is 2. The lowest BCUT2D eigenvalue weighted by atomic mass is 10.4. The van der Waals surface area contributed by atoms with E-state index in [2.05, 4.69) is 9.71 Å². The van der Waals surface area contributed by atoms with Crippen molar-refractivity contribution < 1.29 is 8.42 Å². The van der Waals surface area contributed by atoms with Crippen molar-refractivity contribution in [2.75, 3.05) is 13.1 Å². The first-order valence-corrected chi connectivity index (χ1v) is 5.67. The molecule has 1 heterocycles. The summed E-state index contributed by atoms with van der Waals surface area (Å²) >= 11 is 0. The highest BCUT2D eigenvalue weighted by Gasteiger charge is 2.12. The van der Waals surface area contributed by atoms with E-state index < -0.39 is 10.0 Å². The van der Waals surface area contributed by atoms with Crippen molar-refractivity contribution in [3.63, 3.8) is 0 Å². The zero-order chi connectivity index (χ0) is 10.6. The maximum atomic E-state index is 11.5. The van der Waals surface area contributed by atoms with Gasteiger partial charge in [0.15, 0.2) is 0 Å². The first kappa shape index (κ1) is 11.1. The smallest absolute Gasteiger partial charge is 0.242 e. The number of pyridine rings is 1. The summed E-state index contributed by atoms with van der Waals surface area (Å²) < 4.78 is 25.3. The molecule has 0 radical (unpaired) electrons. The van der Waals surface area contributed by atoms with Crippen LogP contribution in [0.2, 0.25) is 0 Å². The second kappa shape index (κ2) is 4.50. The molecule has 0 aromatic carbocycles. The van der Waals surface area contributed by atoms with Crippen LogP contribution in [0.25, 0.3) is 0 Å². The van der Waals surface area contributed by atoms with Gasteiger partial charge in [-0.05, 0) is 19.1 Å². The number of rotatable bonds is 4. The molecular formula is C8H13N3O2S. The number of nitrogens with zero attached hydrogens (tertiary/aromatic N) is 1. The van der Waals surface area contributed by atoms with Crippen molar-refractivity contribution >= 4 is 10.0 Å². The van der Waals surface area contributed by atoms with Gasteiger partial charge >= 0.3 is 0 Å². The quantitative estimate of drug-likeness (QED) is 0.717. The largest absolute Gasteiger partial charge is 0.329 e. The van der Waals surface area contributed by atoms with Gasteiger partial charge in [0.2, 0.25) is 10.0 Å². The molecule has 0 fully saturated rings. The van der Waals surface area contributed by atoms with Crippen LogP contribution >= 0.6 is 0 Å². The molecule has 0 atom stereocenters. The molecule has 1 aromatic rings. The normalized spacial score (nSPS) is 11.6. The predicted octanol–water partition coefficient (Wildman–Crippen LogP) is -0.373. The van der Waals surface area contributed by atoms with Crippen molar-refractivity contribution in [2.24, 2.45) is 5.73 Å². The van der Waals surface area contributed by atoms with Crippen LogP contribution in [0.1, 0.15) is 5.69 Å². The van der Waals surface area contributed by atoms with Crippen molar-refractivity contribution in [1.29, 1.82) is 0 Å². The Morgan fingerprint density at radius 3 is 2.71 bits per heavy atom. The van der Waals surface area contributed by atoms with Gasteiger partial charge in [-0.2, -0.15) is 0 Å². The Kier molecular flexibility index (Phi) is 3.56. The van der Waals surface area contributed by atoms with Crippen molar-refractivity contribution in [3.8, 4) is 0 Å². The van der Waals surface area contributed by atoms with Crippen LogP contribution in [-0.4, -0.2) is 26.5 Å².